The average Bonchev–Trinajstić information content (AvgIpc) is 2.02. The summed E-state index contributed by atoms with van der Waals surface area (Å²) in [7, 11) is 4.33. The molecular formula is C11H25N. The van der Waals surface area contributed by atoms with E-state index in [1.807, 2.05) is 0 Å². The molecule has 0 aliphatic heterocycles. The van der Waals surface area contributed by atoms with Crippen molar-refractivity contribution in [1.29, 1.82) is 0 Å². The van der Waals surface area contributed by atoms with Gasteiger partial charge >= 0.3 is 0 Å². The Morgan fingerprint density at radius 2 is 1.67 bits per heavy atom. The molecule has 74 valence electrons. The van der Waals surface area contributed by atoms with Crippen LogP contribution in [0.5, 0.6) is 0 Å². The maximum atomic E-state index is 2.36. The zero-order valence-corrected chi connectivity index (χ0v) is 9.43. The van der Waals surface area contributed by atoms with Crippen molar-refractivity contribution in [1.82, 2.24) is 4.90 Å². The Hall–Kier alpha value is -0.0400. The van der Waals surface area contributed by atoms with Crippen LogP contribution in [-0.2, 0) is 0 Å². The average molecular weight is 171 g/mol. The summed E-state index contributed by atoms with van der Waals surface area (Å²) in [5, 5.41) is 0. The van der Waals surface area contributed by atoms with Crippen LogP contribution in [-0.4, -0.2) is 25.5 Å². The van der Waals surface area contributed by atoms with Crippen LogP contribution in [0.1, 0.15) is 40.0 Å². The van der Waals surface area contributed by atoms with E-state index in [2.05, 4.69) is 39.8 Å². The lowest BCUT2D eigenvalue weighted by atomic mass is 9.92. The van der Waals surface area contributed by atoms with Crippen molar-refractivity contribution in [2.75, 3.05) is 20.6 Å². The molecule has 0 radical (unpaired) electrons. The summed E-state index contributed by atoms with van der Waals surface area (Å²) in [5.41, 5.74) is 0. The van der Waals surface area contributed by atoms with Gasteiger partial charge in [-0.3, -0.25) is 0 Å². The highest BCUT2D eigenvalue weighted by molar-refractivity contribution is 4.63. The first-order valence-electron chi connectivity index (χ1n) is 5.24. The molecule has 0 aliphatic carbocycles. The maximum absolute atomic E-state index is 2.36. The topological polar surface area (TPSA) is 3.24 Å². The quantitative estimate of drug-likeness (QED) is 0.594. The number of hydrogen-bond donors (Lipinski definition) is 0. The molecule has 0 rings (SSSR count). The molecule has 0 spiro atoms. The molecule has 0 saturated heterocycles. The first-order chi connectivity index (χ1) is 5.60. The molecule has 1 heteroatoms. The lowest BCUT2D eigenvalue weighted by Crippen LogP contribution is -2.22. The number of rotatable bonds is 6. The van der Waals surface area contributed by atoms with Crippen LogP contribution in [0.4, 0.5) is 0 Å². The van der Waals surface area contributed by atoms with Gasteiger partial charge in [0.05, 0.1) is 0 Å². The van der Waals surface area contributed by atoms with Crippen LogP contribution in [0.2, 0.25) is 0 Å². The van der Waals surface area contributed by atoms with Gasteiger partial charge in [-0.05, 0) is 32.4 Å². The van der Waals surface area contributed by atoms with Crippen molar-refractivity contribution < 1.29 is 0 Å². The van der Waals surface area contributed by atoms with Gasteiger partial charge in [-0.15, -0.1) is 0 Å². The summed E-state index contributed by atoms with van der Waals surface area (Å²) in [6, 6.07) is 0. The summed E-state index contributed by atoms with van der Waals surface area (Å²) < 4.78 is 0. The Kier molecular flexibility index (Phi) is 6.45. The predicted octanol–water partition coefficient (Wildman–Crippen LogP) is 3.01. The molecule has 0 amide bonds. The van der Waals surface area contributed by atoms with Gasteiger partial charge in [0, 0.05) is 6.54 Å². The van der Waals surface area contributed by atoms with E-state index in [0.717, 1.165) is 11.8 Å². The van der Waals surface area contributed by atoms with Crippen LogP contribution < -0.4 is 0 Å². The van der Waals surface area contributed by atoms with Crippen molar-refractivity contribution in [3.8, 4) is 0 Å². The van der Waals surface area contributed by atoms with E-state index >= 15 is 0 Å². The number of nitrogens with zero attached hydrogens (tertiary/aromatic N) is 1. The van der Waals surface area contributed by atoms with Crippen LogP contribution in [0.15, 0.2) is 0 Å². The first kappa shape index (κ1) is 12.0. The molecule has 0 aliphatic rings. The smallest absolute Gasteiger partial charge is 0.000356 e. The zero-order valence-electron chi connectivity index (χ0n) is 9.43. The van der Waals surface area contributed by atoms with Gasteiger partial charge in [-0.2, -0.15) is 0 Å². The molecule has 0 saturated carbocycles. The summed E-state index contributed by atoms with van der Waals surface area (Å²) in [6.45, 7) is 8.20. The predicted molar refractivity (Wildman–Crippen MR) is 56.4 cm³/mol. The third kappa shape index (κ3) is 5.59. The third-order valence-electron chi connectivity index (χ3n) is 2.63. The fourth-order valence-electron chi connectivity index (χ4n) is 1.62. The monoisotopic (exact) mass is 171 g/mol. The molecule has 0 aromatic rings. The molecule has 0 aromatic heterocycles. The minimum Gasteiger partial charge on any atom is -0.309 e. The minimum absolute atomic E-state index is 0.898. The standard InChI is InChI=1S/C11H25N/c1-6-10(3)8-11(7-2)9-12(4)5/h10-11H,6-9H2,1-5H3. The summed E-state index contributed by atoms with van der Waals surface area (Å²) >= 11 is 0. The van der Waals surface area contributed by atoms with E-state index in [9.17, 15) is 0 Å². The fraction of sp³-hybridized carbons (Fsp3) is 1.00. The van der Waals surface area contributed by atoms with E-state index in [0.29, 0.717) is 0 Å². The highest BCUT2D eigenvalue weighted by Gasteiger charge is 2.10. The fourth-order valence-corrected chi connectivity index (χ4v) is 1.62. The normalized spacial score (nSPS) is 16.5. The second kappa shape index (κ2) is 6.47. The molecule has 0 aromatic carbocycles. The summed E-state index contributed by atoms with van der Waals surface area (Å²) in [6.07, 6.45) is 4.04. The van der Waals surface area contributed by atoms with Gasteiger partial charge in [0.1, 0.15) is 0 Å². The lowest BCUT2D eigenvalue weighted by molar-refractivity contribution is 0.275. The summed E-state index contributed by atoms with van der Waals surface area (Å²) in [5.74, 6) is 1.80. The molecule has 0 bridgehead atoms. The molecule has 0 fully saturated rings. The Morgan fingerprint density at radius 3 is 2.00 bits per heavy atom. The zero-order chi connectivity index (χ0) is 9.56. The molecule has 2 unspecified atom stereocenters. The van der Waals surface area contributed by atoms with E-state index in [1.165, 1.54) is 25.8 Å². The minimum atomic E-state index is 0.898. The Balaban J connectivity index is 3.66. The third-order valence-corrected chi connectivity index (χ3v) is 2.63. The van der Waals surface area contributed by atoms with E-state index in [-0.39, 0.29) is 0 Å². The van der Waals surface area contributed by atoms with Gasteiger partial charge in [0.2, 0.25) is 0 Å². The van der Waals surface area contributed by atoms with Crippen molar-refractivity contribution in [3.63, 3.8) is 0 Å². The van der Waals surface area contributed by atoms with Crippen LogP contribution in [0.25, 0.3) is 0 Å². The van der Waals surface area contributed by atoms with Gasteiger partial charge in [0.25, 0.3) is 0 Å². The second-order valence-electron chi connectivity index (χ2n) is 4.29. The molecule has 2 atom stereocenters. The van der Waals surface area contributed by atoms with Gasteiger partial charge in [-0.25, -0.2) is 0 Å². The van der Waals surface area contributed by atoms with Crippen molar-refractivity contribution in [3.05, 3.63) is 0 Å². The van der Waals surface area contributed by atoms with Crippen LogP contribution >= 0.6 is 0 Å². The van der Waals surface area contributed by atoms with E-state index in [4.69, 9.17) is 0 Å². The van der Waals surface area contributed by atoms with Gasteiger partial charge < -0.3 is 4.90 Å². The van der Waals surface area contributed by atoms with Crippen LogP contribution in [0, 0.1) is 11.8 Å². The van der Waals surface area contributed by atoms with Crippen molar-refractivity contribution >= 4 is 0 Å². The molecule has 12 heavy (non-hydrogen) atoms. The maximum Gasteiger partial charge on any atom is 0.000356 e. The van der Waals surface area contributed by atoms with Crippen LogP contribution in [0.3, 0.4) is 0 Å². The van der Waals surface area contributed by atoms with E-state index in [1.54, 1.807) is 0 Å². The highest BCUT2D eigenvalue weighted by Crippen LogP contribution is 2.18. The second-order valence-corrected chi connectivity index (χ2v) is 4.29. The van der Waals surface area contributed by atoms with Crippen molar-refractivity contribution in [2.24, 2.45) is 11.8 Å². The van der Waals surface area contributed by atoms with Crippen molar-refractivity contribution in [2.45, 2.75) is 40.0 Å². The molecule has 1 nitrogen and oxygen atoms in total. The Morgan fingerprint density at radius 1 is 1.08 bits per heavy atom. The van der Waals surface area contributed by atoms with Gasteiger partial charge in [-0.1, -0.05) is 33.6 Å². The van der Waals surface area contributed by atoms with Gasteiger partial charge in [0.15, 0.2) is 0 Å². The first-order valence-corrected chi connectivity index (χ1v) is 5.24. The largest absolute Gasteiger partial charge is 0.309 e. The highest BCUT2D eigenvalue weighted by atomic mass is 15.1. The molecule has 0 N–H and O–H groups in total. The van der Waals surface area contributed by atoms with E-state index < -0.39 is 0 Å². The molecular weight excluding hydrogens is 146 g/mol. The Bertz CT molecular complexity index is 99.2. The number of hydrogen-bond acceptors (Lipinski definition) is 1. The lowest BCUT2D eigenvalue weighted by Gasteiger charge is -2.22. The SMILES string of the molecule is CCC(C)CC(CC)CN(C)C. The Labute approximate surface area is 78.1 Å². The summed E-state index contributed by atoms with van der Waals surface area (Å²) in [4.78, 5) is 2.30. The molecule has 0 heterocycles.